The van der Waals surface area contributed by atoms with E-state index in [1.165, 1.54) is 17.0 Å². The third-order valence-electron chi connectivity index (χ3n) is 5.15. The minimum atomic E-state index is -3.58. The molecule has 0 atom stereocenters. The van der Waals surface area contributed by atoms with Crippen molar-refractivity contribution < 1.29 is 17.9 Å². The third kappa shape index (κ3) is 5.48. The summed E-state index contributed by atoms with van der Waals surface area (Å²) in [6, 6.07) is 31.7. The highest BCUT2D eigenvalue weighted by molar-refractivity contribution is 7.90. The minimum Gasteiger partial charge on any atom is -0.457 e. The summed E-state index contributed by atoms with van der Waals surface area (Å²) in [6.45, 7) is 0. The highest BCUT2D eigenvalue weighted by Gasteiger charge is 2.19. The molecule has 166 valence electrons. The molecule has 0 bridgehead atoms. The Hall–Kier alpha value is -3.90. The molecule has 0 saturated heterocycles. The van der Waals surface area contributed by atoms with Gasteiger partial charge in [0.15, 0.2) is 9.84 Å². The Balaban J connectivity index is 1.50. The number of ether oxygens (including phenoxy) is 1. The van der Waals surface area contributed by atoms with Gasteiger partial charge in [0, 0.05) is 18.3 Å². The molecule has 4 aromatic carbocycles. The van der Waals surface area contributed by atoms with E-state index in [0.29, 0.717) is 22.6 Å². The highest BCUT2D eigenvalue weighted by Crippen LogP contribution is 2.25. The first-order chi connectivity index (χ1) is 15.9. The van der Waals surface area contributed by atoms with E-state index in [4.69, 9.17) is 4.74 Å². The predicted molar refractivity (Wildman–Crippen MR) is 129 cm³/mol. The second-order valence-electron chi connectivity index (χ2n) is 7.55. The van der Waals surface area contributed by atoms with Crippen LogP contribution in [0.1, 0.15) is 15.9 Å². The van der Waals surface area contributed by atoms with Gasteiger partial charge in [-0.05, 0) is 60.2 Å². The van der Waals surface area contributed by atoms with E-state index in [2.05, 4.69) is 0 Å². The highest BCUT2D eigenvalue weighted by atomic mass is 32.2. The summed E-state index contributed by atoms with van der Waals surface area (Å²) in [5.74, 6) is 0.955. The van der Waals surface area contributed by atoms with Gasteiger partial charge in [-0.3, -0.25) is 4.79 Å². The number of rotatable bonds is 7. The van der Waals surface area contributed by atoms with E-state index >= 15 is 0 Å². The van der Waals surface area contributed by atoms with E-state index < -0.39 is 9.84 Å². The number of carbonyl (C=O) groups is 1. The maximum absolute atomic E-state index is 13.1. The number of hydrogen-bond acceptors (Lipinski definition) is 4. The van der Waals surface area contributed by atoms with Crippen molar-refractivity contribution in [2.45, 2.75) is 10.6 Å². The molecule has 5 nitrogen and oxygen atoms in total. The summed E-state index contributed by atoms with van der Waals surface area (Å²) in [5, 5.41) is 0. The summed E-state index contributed by atoms with van der Waals surface area (Å²) in [4.78, 5) is 14.7. The summed E-state index contributed by atoms with van der Waals surface area (Å²) in [5.41, 5.74) is 1.67. The first-order valence-electron chi connectivity index (χ1n) is 10.4. The standard InChI is InChI=1S/C27H23NO4S/c1-28(23-15-17-25(18-16-23)32-24-12-6-3-7-13-24)27(29)22-11-8-14-26(19-22)33(30,31)20-21-9-4-2-5-10-21/h2-19H,20H2,1H3. The molecular formula is C27H23NO4S. The van der Waals surface area contributed by atoms with Crippen LogP contribution in [0.3, 0.4) is 0 Å². The van der Waals surface area contributed by atoms with Crippen molar-refractivity contribution in [3.05, 3.63) is 120 Å². The maximum Gasteiger partial charge on any atom is 0.258 e. The van der Waals surface area contributed by atoms with Gasteiger partial charge in [-0.2, -0.15) is 0 Å². The van der Waals surface area contributed by atoms with Gasteiger partial charge < -0.3 is 9.64 Å². The fraction of sp³-hybridized carbons (Fsp3) is 0.0741. The van der Waals surface area contributed by atoms with Gasteiger partial charge in [-0.15, -0.1) is 0 Å². The number of sulfone groups is 1. The van der Waals surface area contributed by atoms with E-state index in [9.17, 15) is 13.2 Å². The molecule has 0 aliphatic heterocycles. The van der Waals surface area contributed by atoms with Crippen LogP contribution < -0.4 is 9.64 Å². The SMILES string of the molecule is CN(C(=O)c1cccc(S(=O)(=O)Cc2ccccc2)c1)c1ccc(Oc2ccccc2)cc1. The van der Waals surface area contributed by atoms with E-state index in [-0.39, 0.29) is 16.6 Å². The van der Waals surface area contributed by atoms with Crippen molar-refractivity contribution in [2.24, 2.45) is 0 Å². The topological polar surface area (TPSA) is 63.7 Å². The maximum atomic E-state index is 13.1. The van der Waals surface area contributed by atoms with Gasteiger partial charge in [0.25, 0.3) is 5.91 Å². The average Bonchev–Trinajstić information content (AvgIpc) is 2.85. The van der Waals surface area contributed by atoms with Crippen LogP contribution in [-0.4, -0.2) is 21.4 Å². The number of hydrogen-bond donors (Lipinski definition) is 0. The molecule has 1 amide bonds. The quantitative estimate of drug-likeness (QED) is 0.356. The number of para-hydroxylation sites is 1. The molecule has 0 radical (unpaired) electrons. The Morgan fingerprint density at radius 2 is 1.36 bits per heavy atom. The number of nitrogens with zero attached hydrogens (tertiary/aromatic N) is 1. The monoisotopic (exact) mass is 457 g/mol. The van der Waals surface area contributed by atoms with Crippen molar-refractivity contribution in [2.75, 3.05) is 11.9 Å². The van der Waals surface area contributed by atoms with Crippen LogP contribution in [0.4, 0.5) is 5.69 Å². The lowest BCUT2D eigenvalue weighted by molar-refractivity contribution is 0.0993. The van der Waals surface area contributed by atoms with Crippen LogP contribution in [0, 0.1) is 0 Å². The second kappa shape index (κ2) is 9.71. The zero-order chi connectivity index (χ0) is 23.3. The number of benzene rings is 4. The first-order valence-corrected chi connectivity index (χ1v) is 12.1. The Morgan fingerprint density at radius 3 is 2.03 bits per heavy atom. The molecule has 6 heteroatoms. The number of amides is 1. The van der Waals surface area contributed by atoms with Crippen molar-refractivity contribution in [1.82, 2.24) is 0 Å². The largest absolute Gasteiger partial charge is 0.457 e. The molecular weight excluding hydrogens is 434 g/mol. The third-order valence-corrected chi connectivity index (χ3v) is 6.83. The summed E-state index contributed by atoms with van der Waals surface area (Å²) in [7, 11) is -1.93. The molecule has 4 aromatic rings. The smallest absolute Gasteiger partial charge is 0.258 e. The Labute approximate surface area is 193 Å². The molecule has 0 spiro atoms. The average molecular weight is 458 g/mol. The fourth-order valence-electron chi connectivity index (χ4n) is 3.37. The van der Waals surface area contributed by atoms with Gasteiger partial charge in [0.05, 0.1) is 10.6 Å². The Morgan fingerprint density at radius 1 is 0.758 bits per heavy atom. The summed E-state index contributed by atoms with van der Waals surface area (Å²) in [6.07, 6.45) is 0. The second-order valence-corrected chi connectivity index (χ2v) is 9.54. The lowest BCUT2D eigenvalue weighted by Crippen LogP contribution is -2.26. The molecule has 4 rings (SSSR count). The van der Waals surface area contributed by atoms with Gasteiger partial charge in [0.2, 0.25) is 0 Å². The molecule has 0 heterocycles. The van der Waals surface area contributed by atoms with Crippen molar-refractivity contribution >= 4 is 21.4 Å². The first kappa shape index (κ1) is 22.3. The minimum absolute atomic E-state index is 0.121. The molecule has 0 aliphatic rings. The summed E-state index contributed by atoms with van der Waals surface area (Å²) < 4.78 is 31.5. The molecule has 33 heavy (non-hydrogen) atoms. The van der Waals surface area contributed by atoms with Gasteiger partial charge >= 0.3 is 0 Å². The van der Waals surface area contributed by atoms with Gasteiger partial charge in [-0.25, -0.2) is 8.42 Å². The van der Waals surface area contributed by atoms with Crippen LogP contribution in [-0.2, 0) is 15.6 Å². The number of carbonyl (C=O) groups excluding carboxylic acids is 1. The molecule has 0 aromatic heterocycles. The lowest BCUT2D eigenvalue weighted by Gasteiger charge is -2.18. The van der Waals surface area contributed by atoms with E-state index in [1.807, 2.05) is 36.4 Å². The van der Waals surface area contributed by atoms with Crippen LogP contribution in [0.15, 0.2) is 114 Å². The van der Waals surface area contributed by atoms with Crippen LogP contribution >= 0.6 is 0 Å². The van der Waals surface area contributed by atoms with Gasteiger partial charge in [0.1, 0.15) is 11.5 Å². The predicted octanol–water partition coefficient (Wildman–Crippen LogP) is 5.73. The van der Waals surface area contributed by atoms with E-state index in [1.54, 1.807) is 67.7 Å². The van der Waals surface area contributed by atoms with Crippen LogP contribution in [0.2, 0.25) is 0 Å². The van der Waals surface area contributed by atoms with Gasteiger partial charge in [-0.1, -0.05) is 54.6 Å². The molecule has 0 unspecified atom stereocenters. The van der Waals surface area contributed by atoms with Crippen molar-refractivity contribution in [1.29, 1.82) is 0 Å². The Bertz CT molecular complexity index is 1340. The number of anilines is 1. The van der Waals surface area contributed by atoms with E-state index in [0.717, 1.165) is 5.75 Å². The summed E-state index contributed by atoms with van der Waals surface area (Å²) >= 11 is 0. The lowest BCUT2D eigenvalue weighted by atomic mass is 10.2. The van der Waals surface area contributed by atoms with Crippen molar-refractivity contribution in [3.63, 3.8) is 0 Å². The normalized spacial score (nSPS) is 11.1. The van der Waals surface area contributed by atoms with Crippen LogP contribution in [0.25, 0.3) is 0 Å². The molecule has 0 fully saturated rings. The molecule has 0 aliphatic carbocycles. The molecule has 0 saturated carbocycles. The molecule has 0 N–H and O–H groups in total. The fourth-order valence-corrected chi connectivity index (χ4v) is 4.76. The zero-order valence-corrected chi connectivity index (χ0v) is 18.9. The zero-order valence-electron chi connectivity index (χ0n) is 18.1. The van der Waals surface area contributed by atoms with Crippen LogP contribution in [0.5, 0.6) is 11.5 Å². The Kier molecular flexibility index (Phi) is 6.56. The van der Waals surface area contributed by atoms with Crippen molar-refractivity contribution in [3.8, 4) is 11.5 Å².